The number of rotatable bonds is 5. The zero-order valence-corrected chi connectivity index (χ0v) is 10.2. The maximum absolute atomic E-state index is 11.1. The number of nitrogen functional groups attached to an aromatic ring is 1. The molecular weight excluding hydrogens is 250 g/mol. The number of hydrogen-bond donors (Lipinski definition) is 4. The number of nitrogens with zero attached hydrogens (tertiary/aromatic N) is 1. The van der Waals surface area contributed by atoms with E-state index in [1.54, 1.807) is 6.07 Å². The molecule has 8 heteroatoms. The zero-order valence-electron chi connectivity index (χ0n) is 10.2. The molecule has 1 fully saturated rings. The van der Waals surface area contributed by atoms with E-state index in [4.69, 9.17) is 5.84 Å². The first-order chi connectivity index (χ1) is 9.08. The van der Waals surface area contributed by atoms with Crippen molar-refractivity contribution in [3.63, 3.8) is 0 Å². The van der Waals surface area contributed by atoms with Crippen molar-refractivity contribution < 1.29 is 9.72 Å². The van der Waals surface area contributed by atoms with Crippen LogP contribution >= 0.6 is 0 Å². The summed E-state index contributed by atoms with van der Waals surface area (Å²) in [4.78, 5) is 21.3. The zero-order chi connectivity index (χ0) is 13.8. The van der Waals surface area contributed by atoms with Crippen LogP contribution < -0.4 is 21.9 Å². The number of benzene rings is 1. The molecule has 1 saturated heterocycles. The summed E-state index contributed by atoms with van der Waals surface area (Å²) in [6.45, 7) is 0.525. The van der Waals surface area contributed by atoms with Gasteiger partial charge in [-0.15, -0.1) is 0 Å². The average Bonchev–Trinajstić information content (AvgIpc) is 2.81. The van der Waals surface area contributed by atoms with Crippen LogP contribution in [0.25, 0.3) is 0 Å². The van der Waals surface area contributed by atoms with Gasteiger partial charge in [-0.1, -0.05) is 0 Å². The number of hydrogen-bond acceptors (Lipinski definition) is 6. The first-order valence-corrected chi connectivity index (χ1v) is 5.88. The van der Waals surface area contributed by atoms with Gasteiger partial charge in [0.1, 0.15) is 0 Å². The maximum Gasteiger partial charge on any atom is 0.273 e. The Labute approximate surface area is 109 Å². The minimum absolute atomic E-state index is 0.0372. The number of anilines is 2. The van der Waals surface area contributed by atoms with E-state index in [1.165, 1.54) is 12.1 Å². The van der Waals surface area contributed by atoms with Crippen molar-refractivity contribution in [2.75, 3.05) is 17.3 Å². The van der Waals surface area contributed by atoms with Crippen molar-refractivity contribution >= 4 is 23.0 Å². The minimum atomic E-state index is -0.483. The molecule has 19 heavy (non-hydrogen) atoms. The fourth-order valence-corrected chi connectivity index (χ4v) is 1.97. The van der Waals surface area contributed by atoms with Gasteiger partial charge in [-0.3, -0.25) is 20.8 Å². The van der Waals surface area contributed by atoms with E-state index in [2.05, 4.69) is 16.1 Å². The largest absolute Gasteiger partial charge is 0.383 e. The molecule has 0 spiro atoms. The molecule has 102 valence electrons. The Hall–Kier alpha value is -2.35. The van der Waals surface area contributed by atoms with Crippen molar-refractivity contribution in [1.29, 1.82) is 0 Å². The van der Waals surface area contributed by atoms with Crippen LogP contribution in [0.2, 0.25) is 0 Å². The number of carbonyl (C=O) groups excluding carboxylic acids is 1. The molecular formula is C11H15N5O3. The standard InChI is InChI=1S/C11H15N5O3/c12-15-9-3-8(4-10(5-9)16(18)19)13-6-7-1-2-11(17)14-7/h3-5,7,13,15H,1-2,6,12H2,(H,14,17). The van der Waals surface area contributed by atoms with E-state index >= 15 is 0 Å². The summed E-state index contributed by atoms with van der Waals surface area (Å²) in [5.74, 6) is 5.30. The van der Waals surface area contributed by atoms with E-state index < -0.39 is 4.92 Å². The number of non-ortho nitro benzene ring substituents is 1. The molecule has 1 aromatic carbocycles. The number of nitrogens with one attached hydrogen (secondary N) is 3. The van der Waals surface area contributed by atoms with Crippen molar-refractivity contribution in [3.05, 3.63) is 28.3 Å². The molecule has 1 heterocycles. The lowest BCUT2D eigenvalue weighted by Crippen LogP contribution is -2.31. The monoisotopic (exact) mass is 265 g/mol. The third kappa shape index (κ3) is 3.32. The summed E-state index contributed by atoms with van der Waals surface area (Å²) >= 11 is 0. The number of amides is 1. The second-order valence-corrected chi connectivity index (χ2v) is 4.35. The highest BCUT2D eigenvalue weighted by atomic mass is 16.6. The van der Waals surface area contributed by atoms with E-state index in [1.807, 2.05) is 0 Å². The highest BCUT2D eigenvalue weighted by Crippen LogP contribution is 2.24. The summed E-state index contributed by atoms with van der Waals surface area (Å²) in [5, 5.41) is 16.7. The van der Waals surface area contributed by atoms with Gasteiger partial charge >= 0.3 is 0 Å². The van der Waals surface area contributed by atoms with Crippen molar-refractivity contribution in [1.82, 2.24) is 5.32 Å². The number of nitrogens with two attached hydrogens (primary N) is 1. The van der Waals surface area contributed by atoms with Crippen LogP contribution in [0.15, 0.2) is 18.2 Å². The van der Waals surface area contributed by atoms with Crippen molar-refractivity contribution in [2.45, 2.75) is 18.9 Å². The maximum atomic E-state index is 11.1. The van der Waals surface area contributed by atoms with Gasteiger partial charge in [0.2, 0.25) is 5.91 Å². The Morgan fingerprint density at radius 2 is 2.16 bits per heavy atom. The van der Waals surface area contributed by atoms with Crippen LogP contribution in [-0.2, 0) is 4.79 Å². The topological polar surface area (TPSA) is 122 Å². The number of hydrazine groups is 1. The van der Waals surface area contributed by atoms with Crippen LogP contribution in [0.1, 0.15) is 12.8 Å². The minimum Gasteiger partial charge on any atom is -0.383 e. The summed E-state index contributed by atoms with van der Waals surface area (Å²) in [7, 11) is 0. The molecule has 1 atom stereocenters. The molecule has 0 aliphatic carbocycles. The molecule has 0 radical (unpaired) electrons. The molecule has 1 aliphatic heterocycles. The van der Waals surface area contributed by atoms with Crippen LogP contribution in [-0.4, -0.2) is 23.4 Å². The second-order valence-electron chi connectivity index (χ2n) is 4.35. The predicted molar refractivity (Wildman–Crippen MR) is 70.6 cm³/mol. The molecule has 8 nitrogen and oxygen atoms in total. The van der Waals surface area contributed by atoms with Crippen LogP contribution in [0.3, 0.4) is 0 Å². The SMILES string of the molecule is NNc1cc(NCC2CCC(=O)N2)cc([N+](=O)[O-])c1. The van der Waals surface area contributed by atoms with Crippen molar-refractivity contribution in [2.24, 2.45) is 5.84 Å². The summed E-state index contributed by atoms with van der Waals surface area (Å²) in [5.41, 5.74) is 3.37. The van der Waals surface area contributed by atoms with Gasteiger partial charge in [0.05, 0.1) is 10.6 Å². The van der Waals surface area contributed by atoms with E-state index in [0.29, 0.717) is 24.3 Å². The molecule has 1 aliphatic rings. The van der Waals surface area contributed by atoms with Gasteiger partial charge in [0.15, 0.2) is 0 Å². The van der Waals surface area contributed by atoms with E-state index in [-0.39, 0.29) is 17.6 Å². The fourth-order valence-electron chi connectivity index (χ4n) is 1.97. The number of nitro benzene ring substituents is 1. The molecule has 0 saturated carbocycles. The van der Waals surface area contributed by atoms with Gasteiger partial charge in [0.25, 0.3) is 5.69 Å². The lowest BCUT2D eigenvalue weighted by Gasteiger charge is -2.13. The van der Waals surface area contributed by atoms with Crippen LogP contribution in [0.4, 0.5) is 17.1 Å². The first kappa shape index (κ1) is 13.1. The molecule has 1 unspecified atom stereocenters. The highest BCUT2D eigenvalue weighted by molar-refractivity contribution is 5.78. The lowest BCUT2D eigenvalue weighted by molar-refractivity contribution is -0.384. The van der Waals surface area contributed by atoms with Crippen LogP contribution in [0, 0.1) is 10.1 Å². The number of nitro groups is 1. The van der Waals surface area contributed by atoms with E-state index in [9.17, 15) is 14.9 Å². The Bertz CT molecular complexity index is 505. The van der Waals surface area contributed by atoms with Gasteiger partial charge in [-0.25, -0.2) is 0 Å². The first-order valence-electron chi connectivity index (χ1n) is 5.88. The molecule has 2 rings (SSSR count). The Morgan fingerprint density at radius 1 is 1.42 bits per heavy atom. The summed E-state index contributed by atoms with van der Waals surface area (Å²) in [6, 6.07) is 4.50. The Morgan fingerprint density at radius 3 is 2.74 bits per heavy atom. The highest BCUT2D eigenvalue weighted by Gasteiger charge is 2.20. The smallest absolute Gasteiger partial charge is 0.273 e. The summed E-state index contributed by atoms with van der Waals surface area (Å²) in [6.07, 6.45) is 1.29. The molecule has 5 N–H and O–H groups in total. The van der Waals surface area contributed by atoms with Crippen molar-refractivity contribution in [3.8, 4) is 0 Å². The normalized spacial score (nSPS) is 17.9. The average molecular weight is 265 g/mol. The summed E-state index contributed by atoms with van der Waals surface area (Å²) < 4.78 is 0. The quantitative estimate of drug-likeness (QED) is 0.351. The van der Waals surface area contributed by atoms with Gasteiger partial charge in [-0.05, 0) is 12.5 Å². The third-order valence-corrected chi connectivity index (χ3v) is 2.93. The second kappa shape index (κ2) is 5.53. The molecule has 1 amide bonds. The van der Waals surface area contributed by atoms with E-state index in [0.717, 1.165) is 6.42 Å². The predicted octanol–water partition coefficient (Wildman–Crippen LogP) is 0.571. The fraction of sp³-hybridized carbons (Fsp3) is 0.364. The lowest BCUT2D eigenvalue weighted by atomic mass is 10.2. The Kier molecular flexibility index (Phi) is 3.81. The van der Waals surface area contributed by atoms with Crippen LogP contribution in [0.5, 0.6) is 0 Å². The molecule has 1 aromatic rings. The van der Waals surface area contributed by atoms with Gasteiger partial charge in [-0.2, -0.15) is 0 Å². The third-order valence-electron chi connectivity index (χ3n) is 2.93. The molecule has 0 aromatic heterocycles. The Balaban J connectivity index is 2.04. The molecule has 0 bridgehead atoms. The van der Waals surface area contributed by atoms with Gasteiger partial charge in [0, 0.05) is 36.8 Å². The number of carbonyl (C=O) groups is 1. The van der Waals surface area contributed by atoms with Gasteiger partial charge < -0.3 is 16.1 Å².